The fraction of sp³-hybridized carbons (Fsp3) is 0.421. The summed E-state index contributed by atoms with van der Waals surface area (Å²) in [5.74, 6) is 1.03. The molecule has 27 heavy (non-hydrogen) atoms. The highest BCUT2D eigenvalue weighted by molar-refractivity contribution is 7.89. The number of hydrogen-bond donors (Lipinski definition) is 2. The molecule has 0 atom stereocenters. The number of ether oxygens (including phenoxy) is 1. The van der Waals surface area contributed by atoms with Gasteiger partial charge in [0.2, 0.25) is 10.0 Å². The highest BCUT2D eigenvalue weighted by atomic mass is 32.2. The van der Waals surface area contributed by atoms with Crippen LogP contribution in [0.5, 0.6) is 0 Å². The van der Waals surface area contributed by atoms with Crippen molar-refractivity contribution in [1.29, 1.82) is 0 Å². The standard InChI is InChI=1S/C19H24N2O5S/c22-19(20-10-2-11-25-14-15-4-5-15)16-6-8-18(9-7-16)27(23,24)21-13-17-3-1-12-26-17/h1,3,6-9,12,15,21H,2,4-5,10-11,13-14H2,(H,20,22). The molecule has 2 N–H and O–H groups in total. The molecule has 0 aliphatic heterocycles. The number of hydrogen-bond acceptors (Lipinski definition) is 5. The molecule has 0 bridgehead atoms. The zero-order chi connectivity index (χ0) is 19.1. The third-order valence-corrected chi connectivity index (χ3v) is 5.66. The number of nitrogens with one attached hydrogen (secondary N) is 2. The minimum Gasteiger partial charge on any atom is -0.468 e. The van der Waals surface area contributed by atoms with Crippen molar-refractivity contribution in [3.63, 3.8) is 0 Å². The third kappa shape index (κ3) is 6.20. The monoisotopic (exact) mass is 392 g/mol. The minimum atomic E-state index is -3.67. The van der Waals surface area contributed by atoms with Crippen molar-refractivity contribution >= 4 is 15.9 Å². The van der Waals surface area contributed by atoms with Gasteiger partial charge >= 0.3 is 0 Å². The Morgan fingerprint density at radius 2 is 1.96 bits per heavy atom. The van der Waals surface area contributed by atoms with Crippen LogP contribution < -0.4 is 10.0 Å². The molecule has 0 radical (unpaired) electrons. The lowest BCUT2D eigenvalue weighted by Crippen LogP contribution is -2.26. The first-order valence-corrected chi connectivity index (χ1v) is 10.5. The van der Waals surface area contributed by atoms with E-state index in [1.807, 2.05) is 0 Å². The molecule has 8 heteroatoms. The summed E-state index contributed by atoms with van der Waals surface area (Å²) in [6, 6.07) is 9.21. The van der Waals surface area contributed by atoms with Crippen molar-refractivity contribution < 1.29 is 22.4 Å². The molecule has 1 heterocycles. The number of rotatable bonds is 11. The zero-order valence-electron chi connectivity index (χ0n) is 15.0. The zero-order valence-corrected chi connectivity index (χ0v) is 15.8. The van der Waals surface area contributed by atoms with Gasteiger partial charge in [-0.2, -0.15) is 0 Å². The molecule has 146 valence electrons. The molecule has 1 aromatic heterocycles. The van der Waals surface area contributed by atoms with E-state index in [0.29, 0.717) is 24.5 Å². The van der Waals surface area contributed by atoms with E-state index in [1.165, 1.54) is 43.4 Å². The average molecular weight is 392 g/mol. The Balaban J connectivity index is 1.43. The molecular formula is C19H24N2O5S. The summed E-state index contributed by atoms with van der Waals surface area (Å²) in [5.41, 5.74) is 0.416. The molecule has 1 amide bonds. The Hall–Kier alpha value is -2.16. The van der Waals surface area contributed by atoms with E-state index >= 15 is 0 Å². The maximum absolute atomic E-state index is 12.3. The third-order valence-electron chi connectivity index (χ3n) is 4.24. The van der Waals surface area contributed by atoms with Gasteiger partial charge in [0, 0.05) is 25.3 Å². The highest BCUT2D eigenvalue weighted by Gasteiger charge is 2.20. The predicted octanol–water partition coefficient (Wildman–Crippen LogP) is 2.30. The minimum absolute atomic E-state index is 0.0698. The number of sulfonamides is 1. The normalized spacial score (nSPS) is 14.2. The smallest absolute Gasteiger partial charge is 0.251 e. The van der Waals surface area contributed by atoms with Gasteiger partial charge in [-0.25, -0.2) is 13.1 Å². The Bertz CT molecular complexity index is 827. The van der Waals surface area contributed by atoms with Crippen LogP contribution in [0.2, 0.25) is 0 Å². The summed E-state index contributed by atoms with van der Waals surface area (Å²) in [6.45, 7) is 2.04. The second-order valence-electron chi connectivity index (χ2n) is 6.56. The molecular weight excluding hydrogens is 368 g/mol. The number of benzene rings is 1. The van der Waals surface area contributed by atoms with E-state index < -0.39 is 10.0 Å². The van der Waals surface area contributed by atoms with Crippen molar-refractivity contribution in [3.8, 4) is 0 Å². The van der Waals surface area contributed by atoms with Crippen LogP contribution in [-0.4, -0.2) is 34.1 Å². The molecule has 0 unspecified atom stereocenters. The van der Waals surface area contributed by atoms with E-state index in [1.54, 1.807) is 12.1 Å². The van der Waals surface area contributed by atoms with Crippen molar-refractivity contribution in [3.05, 3.63) is 54.0 Å². The van der Waals surface area contributed by atoms with Gasteiger partial charge in [0.15, 0.2) is 0 Å². The van der Waals surface area contributed by atoms with Crippen molar-refractivity contribution in [2.24, 2.45) is 5.92 Å². The second kappa shape index (κ2) is 9.16. The Morgan fingerprint density at radius 3 is 2.63 bits per heavy atom. The number of amides is 1. The predicted molar refractivity (Wildman–Crippen MR) is 99.7 cm³/mol. The summed E-state index contributed by atoms with van der Waals surface area (Å²) < 4.78 is 37.6. The SMILES string of the molecule is O=C(NCCCOCC1CC1)c1ccc(S(=O)(=O)NCc2ccco2)cc1. The average Bonchev–Trinajstić information content (AvgIpc) is 3.35. The van der Waals surface area contributed by atoms with Crippen LogP contribution in [-0.2, 0) is 21.3 Å². The van der Waals surface area contributed by atoms with Gasteiger partial charge in [-0.05, 0) is 61.6 Å². The van der Waals surface area contributed by atoms with Gasteiger partial charge in [0.25, 0.3) is 5.91 Å². The molecule has 0 saturated heterocycles. The second-order valence-corrected chi connectivity index (χ2v) is 8.32. The van der Waals surface area contributed by atoms with Crippen molar-refractivity contribution in [1.82, 2.24) is 10.0 Å². The fourth-order valence-corrected chi connectivity index (χ4v) is 3.45. The molecule has 1 fully saturated rings. The molecule has 1 aliphatic carbocycles. The molecule has 1 aromatic carbocycles. The summed E-state index contributed by atoms with van der Waals surface area (Å²) >= 11 is 0. The van der Waals surface area contributed by atoms with Gasteiger partial charge in [-0.3, -0.25) is 4.79 Å². The summed E-state index contributed by atoms with van der Waals surface area (Å²) in [7, 11) is -3.67. The molecule has 1 saturated carbocycles. The lowest BCUT2D eigenvalue weighted by molar-refractivity contribution is 0.0937. The Labute approximate surface area is 159 Å². The van der Waals surface area contributed by atoms with E-state index in [-0.39, 0.29) is 17.3 Å². The van der Waals surface area contributed by atoms with Gasteiger partial charge in [-0.1, -0.05) is 0 Å². The number of furan rings is 1. The van der Waals surface area contributed by atoms with Gasteiger partial charge in [0.1, 0.15) is 5.76 Å². The van der Waals surface area contributed by atoms with Crippen molar-refractivity contribution in [2.45, 2.75) is 30.7 Å². The summed E-state index contributed by atoms with van der Waals surface area (Å²) in [4.78, 5) is 12.2. The molecule has 3 rings (SSSR count). The maximum Gasteiger partial charge on any atom is 0.251 e. The first-order chi connectivity index (χ1) is 13.0. The van der Waals surface area contributed by atoms with E-state index in [0.717, 1.165) is 18.9 Å². The van der Waals surface area contributed by atoms with Gasteiger partial charge in [0.05, 0.1) is 17.7 Å². The van der Waals surface area contributed by atoms with Crippen LogP contribution in [0.15, 0.2) is 52.0 Å². The fourth-order valence-electron chi connectivity index (χ4n) is 2.46. The van der Waals surface area contributed by atoms with Crippen molar-refractivity contribution in [2.75, 3.05) is 19.8 Å². The summed E-state index contributed by atoms with van der Waals surface area (Å²) in [6.07, 6.45) is 4.76. The van der Waals surface area contributed by atoms with Crippen LogP contribution >= 0.6 is 0 Å². The summed E-state index contributed by atoms with van der Waals surface area (Å²) in [5, 5.41) is 2.81. The first kappa shape index (κ1) is 19.6. The van der Waals surface area contributed by atoms with Crippen LogP contribution in [0.1, 0.15) is 35.4 Å². The number of carbonyl (C=O) groups excluding carboxylic acids is 1. The van der Waals surface area contributed by atoms with E-state index in [2.05, 4.69) is 10.0 Å². The molecule has 7 nitrogen and oxygen atoms in total. The van der Waals surface area contributed by atoms with E-state index in [4.69, 9.17) is 9.15 Å². The van der Waals surface area contributed by atoms with Crippen LogP contribution in [0.3, 0.4) is 0 Å². The molecule has 1 aliphatic rings. The Morgan fingerprint density at radius 1 is 1.19 bits per heavy atom. The van der Waals surface area contributed by atoms with E-state index in [9.17, 15) is 13.2 Å². The number of carbonyl (C=O) groups is 1. The largest absolute Gasteiger partial charge is 0.468 e. The molecule has 2 aromatic rings. The lowest BCUT2D eigenvalue weighted by Gasteiger charge is -2.08. The Kier molecular flexibility index (Phi) is 6.65. The van der Waals surface area contributed by atoms with Gasteiger partial charge in [-0.15, -0.1) is 0 Å². The van der Waals surface area contributed by atoms with Crippen LogP contribution in [0.25, 0.3) is 0 Å². The maximum atomic E-state index is 12.3. The quantitative estimate of drug-likeness (QED) is 0.572. The highest BCUT2D eigenvalue weighted by Crippen LogP contribution is 2.28. The van der Waals surface area contributed by atoms with Crippen LogP contribution in [0, 0.1) is 5.92 Å². The molecule has 0 spiro atoms. The first-order valence-electron chi connectivity index (χ1n) is 9.02. The topological polar surface area (TPSA) is 97.6 Å². The lowest BCUT2D eigenvalue weighted by atomic mass is 10.2. The van der Waals surface area contributed by atoms with Gasteiger partial charge < -0.3 is 14.5 Å². The van der Waals surface area contributed by atoms with Crippen LogP contribution in [0.4, 0.5) is 0 Å².